The maximum absolute atomic E-state index is 12.8. The van der Waals surface area contributed by atoms with Crippen LogP contribution in [0, 0.1) is 5.92 Å². The van der Waals surface area contributed by atoms with Crippen molar-refractivity contribution >= 4 is 42.3 Å². The van der Waals surface area contributed by atoms with Crippen molar-refractivity contribution in [3.8, 4) is 0 Å². The Bertz CT molecular complexity index is 662. The number of carbonyl (C=O) groups excluding carboxylic acids is 3. The van der Waals surface area contributed by atoms with Gasteiger partial charge in [-0.2, -0.15) is 12.6 Å². The van der Waals surface area contributed by atoms with E-state index in [4.69, 9.17) is 21.7 Å². The molecule has 0 heterocycles. The fourth-order valence-electron chi connectivity index (χ4n) is 2.74. The van der Waals surface area contributed by atoms with Crippen molar-refractivity contribution in [2.24, 2.45) is 17.4 Å². The summed E-state index contributed by atoms with van der Waals surface area (Å²) in [5, 5.41) is 25.1. The van der Waals surface area contributed by atoms with Gasteiger partial charge in [-0.25, -0.2) is 4.79 Å². The molecule has 0 aliphatic rings. The van der Waals surface area contributed by atoms with Gasteiger partial charge in [0, 0.05) is 5.75 Å². The SMILES string of the molecule is CC(C)CC(NC(=O)C(N)CCCCN)C(=O)NC(CC(=O)O)C(=O)NC(CS)C(=O)O. The molecule has 12 nitrogen and oxygen atoms in total. The van der Waals surface area contributed by atoms with Gasteiger partial charge in [-0.05, 0) is 31.7 Å². The van der Waals surface area contributed by atoms with Crippen LogP contribution in [0.4, 0.5) is 0 Å². The minimum Gasteiger partial charge on any atom is -0.481 e. The highest BCUT2D eigenvalue weighted by atomic mass is 32.1. The number of unbranched alkanes of at least 4 members (excludes halogenated alkanes) is 1. The molecule has 0 saturated heterocycles. The van der Waals surface area contributed by atoms with Crippen LogP contribution in [0.3, 0.4) is 0 Å². The fraction of sp³-hybridized carbons (Fsp3) is 0.737. The lowest BCUT2D eigenvalue weighted by Crippen LogP contribution is -2.57. The molecule has 0 aromatic carbocycles. The molecule has 13 heteroatoms. The van der Waals surface area contributed by atoms with E-state index in [2.05, 4.69) is 28.6 Å². The molecule has 0 saturated carbocycles. The first-order valence-electron chi connectivity index (χ1n) is 10.3. The topological polar surface area (TPSA) is 214 Å². The third kappa shape index (κ3) is 11.9. The Morgan fingerprint density at radius 1 is 0.875 bits per heavy atom. The molecular weight excluding hydrogens is 442 g/mol. The first-order valence-corrected chi connectivity index (χ1v) is 11.0. The molecule has 0 fully saturated rings. The molecular formula is C19H35N5O7S. The number of carbonyl (C=O) groups is 5. The maximum Gasteiger partial charge on any atom is 0.327 e. The summed E-state index contributed by atoms with van der Waals surface area (Å²) in [6, 6.07) is -4.83. The van der Waals surface area contributed by atoms with Gasteiger partial charge in [0.25, 0.3) is 0 Å². The summed E-state index contributed by atoms with van der Waals surface area (Å²) in [4.78, 5) is 59.9. The Balaban J connectivity index is 5.35. The van der Waals surface area contributed by atoms with Crippen LogP contribution in [-0.4, -0.2) is 76.3 Å². The zero-order valence-corrected chi connectivity index (χ0v) is 19.3. The highest BCUT2D eigenvalue weighted by molar-refractivity contribution is 7.80. The number of hydrogen-bond acceptors (Lipinski definition) is 8. The van der Waals surface area contributed by atoms with E-state index < -0.39 is 60.2 Å². The van der Waals surface area contributed by atoms with Gasteiger partial charge in [-0.1, -0.05) is 20.3 Å². The predicted molar refractivity (Wildman–Crippen MR) is 120 cm³/mol. The number of carboxylic acid groups (broad SMARTS) is 2. The van der Waals surface area contributed by atoms with Crippen LogP contribution in [0.15, 0.2) is 0 Å². The number of nitrogens with two attached hydrogens (primary N) is 2. The highest BCUT2D eigenvalue weighted by Crippen LogP contribution is 2.08. The molecule has 0 spiro atoms. The molecule has 4 atom stereocenters. The molecule has 0 aliphatic heterocycles. The molecule has 184 valence electrons. The smallest absolute Gasteiger partial charge is 0.327 e. The van der Waals surface area contributed by atoms with E-state index in [0.717, 1.165) is 0 Å². The van der Waals surface area contributed by atoms with Crippen molar-refractivity contribution in [1.29, 1.82) is 0 Å². The van der Waals surface area contributed by atoms with E-state index in [1.54, 1.807) is 0 Å². The predicted octanol–water partition coefficient (Wildman–Crippen LogP) is -1.57. The van der Waals surface area contributed by atoms with E-state index in [0.29, 0.717) is 25.8 Å². The van der Waals surface area contributed by atoms with Crippen LogP contribution in [0.25, 0.3) is 0 Å². The number of amides is 3. The minimum absolute atomic E-state index is 0.0214. The quantitative estimate of drug-likeness (QED) is 0.0950. The van der Waals surface area contributed by atoms with E-state index in [1.807, 2.05) is 13.8 Å². The van der Waals surface area contributed by atoms with Gasteiger partial charge in [0.1, 0.15) is 18.1 Å². The number of hydrogen-bond donors (Lipinski definition) is 8. The summed E-state index contributed by atoms with van der Waals surface area (Å²) in [7, 11) is 0. The standard InChI is InChI=1S/C19H35N5O7S/c1-10(2)7-12(22-16(27)11(21)5-3-4-6-20)17(28)23-13(8-15(25)26)18(29)24-14(9-32)19(30)31/h10-14,32H,3-9,20-21H2,1-2H3,(H,22,27)(H,23,28)(H,24,29)(H,25,26)(H,30,31). The average Bonchev–Trinajstić information content (AvgIpc) is 2.69. The van der Waals surface area contributed by atoms with Crippen LogP contribution < -0.4 is 27.4 Å². The van der Waals surface area contributed by atoms with Gasteiger partial charge in [-0.3, -0.25) is 19.2 Å². The van der Waals surface area contributed by atoms with E-state index in [-0.39, 0.29) is 18.1 Å². The summed E-state index contributed by atoms with van der Waals surface area (Å²) in [6.45, 7) is 4.11. The maximum atomic E-state index is 12.8. The molecule has 9 N–H and O–H groups in total. The monoisotopic (exact) mass is 477 g/mol. The molecule has 0 radical (unpaired) electrons. The normalized spacial score (nSPS) is 14.7. The van der Waals surface area contributed by atoms with Gasteiger partial charge in [0.15, 0.2) is 0 Å². The van der Waals surface area contributed by atoms with Crippen LogP contribution in [0.5, 0.6) is 0 Å². The molecule has 0 aliphatic carbocycles. The van der Waals surface area contributed by atoms with Crippen molar-refractivity contribution in [1.82, 2.24) is 16.0 Å². The highest BCUT2D eigenvalue weighted by Gasteiger charge is 2.31. The van der Waals surface area contributed by atoms with E-state index in [1.165, 1.54) is 0 Å². The third-order valence-corrected chi connectivity index (χ3v) is 4.82. The number of nitrogens with one attached hydrogen (secondary N) is 3. The molecule has 0 rings (SSSR count). The summed E-state index contributed by atoms with van der Waals surface area (Å²) in [6.07, 6.45) is 1.15. The molecule has 4 unspecified atom stereocenters. The Hall–Kier alpha value is -2.38. The largest absolute Gasteiger partial charge is 0.481 e. The molecule has 0 bridgehead atoms. The van der Waals surface area contributed by atoms with Crippen LogP contribution in [0.1, 0.15) is 46.0 Å². The lowest BCUT2D eigenvalue weighted by molar-refractivity contribution is -0.143. The summed E-state index contributed by atoms with van der Waals surface area (Å²) in [5.41, 5.74) is 11.3. The van der Waals surface area contributed by atoms with Gasteiger partial charge in [-0.15, -0.1) is 0 Å². The fourth-order valence-corrected chi connectivity index (χ4v) is 2.98. The van der Waals surface area contributed by atoms with Crippen molar-refractivity contribution in [2.45, 2.75) is 70.1 Å². The molecule has 32 heavy (non-hydrogen) atoms. The molecule has 0 aromatic rings. The zero-order valence-electron chi connectivity index (χ0n) is 18.4. The van der Waals surface area contributed by atoms with Gasteiger partial charge < -0.3 is 37.6 Å². The van der Waals surface area contributed by atoms with E-state index in [9.17, 15) is 24.0 Å². The Kier molecular flexibility index (Phi) is 14.3. The van der Waals surface area contributed by atoms with E-state index >= 15 is 0 Å². The summed E-state index contributed by atoms with van der Waals surface area (Å²) < 4.78 is 0. The second kappa shape index (κ2) is 15.4. The summed E-state index contributed by atoms with van der Waals surface area (Å²) >= 11 is 3.83. The Morgan fingerprint density at radius 3 is 1.88 bits per heavy atom. The third-order valence-electron chi connectivity index (χ3n) is 4.45. The van der Waals surface area contributed by atoms with Crippen molar-refractivity contribution in [3.63, 3.8) is 0 Å². The Labute approximate surface area is 192 Å². The minimum atomic E-state index is -1.55. The second-order valence-electron chi connectivity index (χ2n) is 7.82. The number of thiol groups is 1. The lowest BCUT2D eigenvalue weighted by atomic mass is 10.0. The number of aliphatic carboxylic acids is 2. The van der Waals surface area contributed by atoms with Gasteiger partial charge >= 0.3 is 11.9 Å². The second-order valence-corrected chi connectivity index (χ2v) is 8.19. The number of rotatable bonds is 16. The van der Waals surface area contributed by atoms with Crippen molar-refractivity contribution in [3.05, 3.63) is 0 Å². The lowest BCUT2D eigenvalue weighted by Gasteiger charge is -2.25. The average molecular weight is 478 g/mol. The van der Waals surface area contributed by atoms with Gasteiger partial charge in [0.05, 0.1) is 12.5 Å². The number of carboxylic acids is 2. The van der Waals surface area contributed by atoms with Crippen molar-refractivity contribution < 1.29 is 34.2 Å². The molecule has 3 amide bonds. The first kappa shape index (κ1) is 29.6. The van der Waals surface area contributed by atoms with Crippen LogP contribution in [-0.2, 0) is 24.0 Å². The Morgan fingerprint density at radius 2 is 1.41 bits per heavy atom. The van der Waals surface area contributed by atoms with Crippen molar-refractivity contribution in [2.75, 3.05) is 12.3 Å². The first-order chi connectivity index (χ1) is 14.9. The summed E-state index contributed by atoms with van der Waals surface area (Å²) in [5.74, 6) is -5.31. The van der Waals surface area contributed by atoms with Gasteiger partial charge in [0.2, 0.25) is 17.7 Å². The zero-order chi connectivity index (χ0) is 24.8. The molecule has 0 aromatic heterocycles. The van der Waals surface area contributed by atoms with Crippen LogP contribution in [0.2, 0.25) is 0 Å². The van der Waals surface area contributed by atoms with Crippen LogP contribution >= 0.6 is 12.6 Å².